The molecule has 1 aliphatic carbocycles. The molecule has 2 fully saturated rings. The van der Waals surface area contributed by atoms with Crippen molar-refractivity contribution >= 4 is 17.4 Å². The van der Waals surface area contributed by atoms with Crippen LogP contribution in [0.5, 0.6) is 0 Å². The summed E-state index contributed by atoms with van der Waals surface area (Å²) >= 11 is 5.30. The molecule has 2 rings (SSSR count). The van der Waals surface area contributed by atoms with E-state index >= 15 is 0 Å². The highest BCUT2D eigenvalue weighted by Gasteiger charge is 2.58. The quantitative estimate of drug-likeness (QED) is 0.659. The molecule has 0 aromatic rings. The van der Waals surface area contributed by atoms with Crippen LogP contribution < -0.4 is 0 Å². The zero-order chi connectivity index (χ0) is 12.1. The third-order valence-corrected chi connectivity index (χ3v) is 4.07. The van der Waals surface area contributed by atoms with Crippen LogP contribution in [0.3, 0.4) is 0 Å². The fraction of sp³-hybridized carbons (Fsp3) is 0.917. The van der Waals surface area contributed by atoms with Crippen molar-refractivity contribution in [2.24, 2.45) is 5.41 Å². The molecule has 1 unspecified atom stereocenters. The van der Waals surface area contributed by atoms with Crippen LogP contribution in [-0.2, 0) is 4.74 Å². The third-order valence-electron chi connectivity index (χ3n) is 3.75. The minimum absolute atomic E-state index is 0.0956. The van der Waals surface area contributed by atoms with Gasteiger partial charge in [-0.2, -0.15) is 0 Å². The molecule has 3 nitrogen and oxygen atoms in total. The van der Waals surface area contributed by atoms with Gasteiger partial charge in [-0.05, 0) is 52.8 Å². The Morgan fingerprint density at radius 3 is 2.38 bits per heavy atom. The molecule has 4 heteroatoms. The molecule has 16 heavy (non-hydrogen) atoms. The van der Waals surface area contributed by atoms with E-state index in [1.165, 1.54) is 0 Å². The Hall–Kier alpha value is -0.350. The van der Waals surface area contributed by atoms with E-state index in [0.717, 1.165) is 19.4 Å². The maximum Gasteiger partial charge on any atom is 0.260 e. The number of nitrogens with zero attached hydrogens (tertiary/aromatic N) is 1. The van der Waals surface area contributed by atoms with E-state index in [0.29, 0.717) is 16.6 Å². The first-order valence-corrected chi connectivity index (χ1v) is 6.32. The number of aliphatic hydroxyl groups is 1. The van der Waals surface area contributed by atoms with Gasteiger partial charge < -0.3 is 14.7 Å². The SMILES string of the molecule is CC1N(C(=S)OC(C)(C)C)CC12CC(O)C2. The second-order valence-corrected chi connectivity index (χ2v) is 6.56. The highest BCUT2D eigenvalue weighted by atomic mass is 32.1. The summed E-state index contributed by atoms with van der Waals surface area (Å²) in [5.74, 6) is 0. The van der Waals surface area contributed by atoms with Crippen LogP contribution >= 0.6 is 12.2 Å². The van der Waals surface area contributed by atoms with Crippen LogP contribution in [0, 0.1) is 5.41 Å². The molecule has 0 aromatic carbocycles. The van der Waals surface area contributed by atoms with Crippen LogP contribution in [0.2, 0.25) is 0 Å². The van der Waals surface area contributed by atoms with E-state index in [1.54, 1.807) is 0 Å². The minimum Gasteiger partial charge on any atom is -0.465 e. The van der Waals surface area contributed by atoms with Crippen molar-refractivity contribution < 1.29 is 9.84 Å². The number of thiocarbonyl (C=S) groups is 1. The summed E-state index contributed by atoms with van der Waals surface area (Å²) in [5, 5.41) is 10.00. The molecule has 0 aromatic heterocycles. The van der Waals surface area contributed by atoms with Gasteiger partial charge in [0.05, 0.1) is 6.10 Å². The molecule has 1 saturated heterocycles. The average molecular weight is 243 g/mol. The molecule has 0 amide bonds. The number of hydrogen-bond donors (Lipinski definition) is 1. The third kappa shape index (κ3) is 1.93. The van der Waals surface area contributed by atoms with Gasteiger partial charge in [0.15, 0.2) is 0 Å². The first-order valence-electron chi connectivity index (χ1n) is 5.91. The van der Waals surface area contributed by atoms with Crippen molar-refractivity contribution in [1.29, 1.82) is 0 Å². The Labute approximate surface area is 103 Å². The van der Waals surface area contributed by atoms with Crippen molar-refractivity contribution in [3.05, 3.63) is 0 Å². The summed E-state index contributed by atoms with van der Waals surface area (Å²) in [7, 11) is 0. The molecule has 0 radical (unpaired) electrons. The Balaban J connectivity index is 1.88. The van der Waals surface area contributed by atoms with E-state index < -0.39 is 0 Å². The van der Waals surface area contributed by atoms with Gasteiger partial charge in [0.25, 0.3) is 5.17 Å². The average Bonchev–Trinajstić information content (AvgIpc) is 2.05. The normalized spacial score (nSPS) is 37.9. The molecule has 1 heterocycles. The molecule has 92 valence electrons. The van der Waals surface area contributed by atoms with Gasteiger partial charge in [0, 0.05) is 18.0 Å². The summed E-state index contributed by atoms with van der Waals surface area (Å²) in [6, 6.07) is 0.408. The van der Waals surface area contributed by atoms with Gasteiger partial charge in [-0.1, -0.05) is 0 Å². The summed E-state index contributed by atoms with van der Waals surface area (Å²) < 4.78 is 5.70. The summed E-state index contributed by atoms with van der Waals surface area (Å²) in [6.07, 6.45) is 1.74. The van der Waals surface area contributed by atoms with Crippen molar-refractivity contribution in [2.75, 3.05) is 6.54 Å². The minimum atomic E-state index is -0.224. The van der Waals surface area contributed by atoms with Gasteiger partial charge in [-0.15, -0.1) is 0 Å². The van der Waals surface area contributed by atoms with Crippen LogP contribution in [0.4, 0.5) is 0 Å². The fourth-order valence-electron chi connectivity index (χ4n) is 2.72. The van der Waals surface area contributed by atoms with Crippen molar-refractivity contribution in [3.8, 4) is 0 Å². The Bertz CT molecular complexity index is 305. The molecule has 1 N–H and O–H groups in total. The van der Waals surface area contributed by atoms with Crippen LogP contribution in [0.15, 0.2) is 0 Å². The van der Waals surface area contributed by atoms with Crippen LogP contribution in [0.25, 0.3) is 0 Å². The first-order chi connectivity index (χ1) is 7.23. The van der Waals surface area contributed by atoms with Gasteiger partial charge in [0.1, 0.15) is 5.60 Å². The molecule has 1 atom stereocenters. The van der Waals surface area contributed by atoms with Gasteiger partial charge in [-0.25, -0.2) is 0 Å². The lowest BCUT2D eigenvalue weighted by Crippen LogP contribution is -2.70. The number of likely N-dealkylation sites (tertiary alicyclic amines) is 1. The number of aliphatic hydroxyl groups excluding tert-OH is 1. The topological polar surface area (TPSA) is 32.7 Å². The molecule has 0 bridgehead atoms. The fourth-order valence-corrected chi connectivity index (χ4v) is 3.19. The molecule has 1 spiro atoms. The highest BCUT2D eigenvalue weighted by molar-refractivity contribution is 7.80. The van der Waals surface area contributed by atoms with Gasteiger partial charge >= 0.3 is 0 Å². The molecule has 1 aliphatic heterocycles. The summed E-state index contributed by atoms with van der Waals surface area (Å²) in [5.41, 5.74) is 0.0867. The van der Waals surface area contributed by atoms with E-state index in [-0.39, 0.29) is 11.7 Å². The second kappa shape index (κ2) is 3.57. The van der Waals surface area contributed by atoms with E-state index in [9.17, 15) is 5.11 Å². The first kappa shape index (κ1) is 12.1. The van der Waals surface area contributed by atoms with Crippen LogP contribution in [0.1, 0.15) is 40.5 Å². The standard InChI is InChI=1S/C12H21NO2S/c1-8-12(5-9(14)6-12)7-13(8)10(16)15-11(2,3)4/h8-9,14H,5-7H2,1-4H3. The predicted molar refractivity (Wildman–Crippen MR) is 67.3 cm³/mol. The number of ether oxygens (including phenoxy) is 1. The lowest BCUT2D eigenvalue weighted by molar-refractivity contribution is -0.149. The maximum atomic E-state index is 9.40. The summed E-state index contributed by atoms with van der Waals surface area (Å²) in [6.45, 7) is 9.14. The van der Waals surface area contributed by atoms with E-state index in [2.05, 4.69) is 11.8 Å². The van der Waals surface area contributed by atoms with E-state index in [1.807, 2.05) is 20.8 Å². The van der Waals surface area contributed by atoms with Gasteiger partial charge in [-0.3, -0.25) is 0 Å². The Morgan fingerprint density at radius 2 is 2.00 bits per heavy atom. The van der Waals surface area contributed by atoms with E-state index in [4.69, 9.17) is 17.0 Å². The number of hydrogen-bond acceptors (Lipinski definition) is 3. The van der Waals surface area contributed by atoms with Crippen molar-refractivity contribution in [3.63, 3.8) is 0 Å². The van der Waals surface area contributed by atoms with Crippen molar-refractivity contribution in [2.45, 2.75) is 58.3 Å². The smallest absolute Gasteiger partial charge is 0.260 e. The Kier molecular flexibility index (Phi) is 2.70. The van der Waals surface area contributed by atoms with Crippen LogP contribution in [-0.4, -0.2) is 39.5 Å². The summed E-state index contributed by atoms with van der Waals surface area (Å²) in [4.78, 5) is 2.13. The molecule has 2 aliphatic rings. The van der Waals surface area contributed by atoms with Gasteiger partial charge in [0.2, 0.25) is 0 Å². The van der Waals surface area contributed by atoms with Crippen molar-refractivity contribution in [1.82, 2.24) is 4.90 Å². The largest absolute Gasteiger partial charge is 0.465 e. The lowest BCUT2D eigenvalue weighted by Gasteiger charge is -2.63. The molecule has 1 saturated carbocycles. The zero-order valence-electron chi connectivity index (χ0n) is 10.5. The lowest BCUT2D eigenvalue weighted by atomic mass is 9.57. The maximum absolute atomic E-state index is 9.40. The second-order valence-electron chi connectivity index (χ2n) is 6.21. The molecular weight excluding hydrogens is 222 g/mol. The number of rotatable bonds is 0. The highest BCUT2D eigenvalue weighted by Crippen LogP contribution is 2.53. The predicted octanol–water partition coefficient (Wildman–Crippen LogP) is 1.93. The Morgan fingerprint density at radius 1 is 1.44 bits per heavy atom. The monoisotopic (exact) mass is 243 g/mol. The zero-order valence-corrected chi connectivity index (χ0v) is 11.3. The molecular formula is C12H21NO2S.